The van der Waals surface area contributed by atoms with Gasteiger partial charge in [-0.15, -0.1) is 0 Å². The Labute approximate surface area is 246 Å². The highest BCUT2D eigenvalue weighted by molar-refractivity contribution is 7.90. The largest absolute Gasteiger partial charge is 0.351 e. The van der Waals surface area contributed by atoms with Crippen molar-refractivity contribution in [1.29, 1.82) is 0 Å². The van der Waals surface area contributed by atoms with Crippen molar-refractivity contribution in [3.05, 3.63) is 58.8 Å². The summed E-state index contributed by atoms with van der Waals surface area (Å²) in [6, 6.07) is 6.11. The highest BCUT2D eigenvalue weighted by Crippen LogP contribution is 2.33. The number of likely N-dealkylation sites (N-methyl/N-ethyl adjacent to an activating group) is 1. The second-order valence-corrected chi connectivity index (χ2v) is 13.8. The molecule has 1 aliphatic carbocycles. The van der Waals surface area contributed by atoms with E-state index in [2.05, 4.69) is 48.1 Å². The number of piperazine rings is 1. The first-order chi connectivity index (χ1) is 19.8. The molecular formula is C28H34ClN9O2S. The van der Waals surface area contributed by atoms with Crippen molar-refractivity contribution in [3.8, 4) is 16.9 Å². The van der Waals surface area contributed by atoms with E-state index in [1.807, 2.05) is 18.3 Å². The molecule has 3 aromatic rings. The number of rotatable bonds is 8. The molecule has 3 fully saturated rings. The summed E-state index contributed by atoms with van der Waals surface area (Å²) in [5.74, 6) is 0.412. The van der Waals surface area contributed by atoms with Crippen LogP contribution in [0.4, 0.5) is 11.6 Å². The third kappa shape index (κ3) is 6.24. The monoisotopic (exact) mass is 595 g/mol. The van der Waals surface area contributed by atoms with Crippen LogP contribution in [0.1, 0.15) is 31.2 Å². The number of piperidine rings is 1. The highest BCUT2D eigenvalue weighted by Gasteiger charge is 2.41. The van der Waals surface area contributed by atoms with Crippen LogP contribution in [0.2, 0.25) is 5.02 Å². The van der Waals surface area contributed by atoms with Gasteiger partial charge in [-0.2, -0.15) is 5.10 Å². The Bertz CT molecular complexity index is 1550. The summed E-state index contributed by atoms with van der Waals surface area (Å²) in [5.41, 5.74) is 3.41. The minimum absolute atomic E-state index is 0.0539. The third-order valence-corrected chi connectivity index (χ3v) is 10.8. The molecular weight excluding hydrogens is 562 g/mol. The number of halogens is 1. The van der Waals surface area contributed by atoms with E-state index in [1.54, 1.807) is 15.2 Å². The van der Waals surface area contributed by atoms with Crippen LogP contribution >= 0.6 is 11.6 Å². The van der Waals surface area contributed by atoms with E-state index in [1.165, 1.54) is 6.20 Å². The van der Waals surface area contributed by atoms with E-state index >= 15 is 0 Å². The number of benzene rings is 1. The van der Waals surface area contributed by atoms with Crippen LogP contribution < -0.4 is 5.32 Å². The lowest BCUT2D eigenvalue weighted by atomic mass is 10.1. The smallest absolute Gasteiger partial charge is 0.231 e. The molecule has 2 aliphatic heterocycles. The maximum Gasteiger partial charge on any atom is 0.231 e. The van der Waals surface area contributed by atoms with E-state index in [4.69, 9.17) is 18.2 Å². The maximum atomic E-state index is 12.6. The number of nitrogens with zero attached hydrogens (tertiary/aromatic N) is 8. The van der Waals surface area contributed by atoms with Crippen molar-refractivity contribution in [1.82, 2.24) is 33.9 Å². The van der Waals surface area contributed by atoms with Crippen LogP contribution in [-0.2, 0) is 16.6 Å². The third-order valence-electron chi connectivity index (χ3n) is 8.10. The molecule has 2 aromatic heterocycles. The molecule has 216 valence electrons. The first kappa shape index (κ1) is 28.1. The molecule has 3 aliphatic rings. The molecule has 0 spiro atoms. The second kappa shape index (κ2) is 11.7. The lowest BCUT2D eigenvalue weighted by Gasteiger charge is -2.32. The fourth-order valence-corrected chi connectivity index (χ4v) is 7.59. The van der Waals surface area contributed by atoms with E-state index < -0.39 is 10.0 Å². The summed E-state index contributed by atoms with van der Waals surface area (Å²) in [7, 11) is -1.00. The molecule has 0 amide bonds. The number of hydrogen-bond donors (Lipinski definition) is 1. The Morgan fingerprint density at radius 3 is 2.51 bits per heavy atom. The van der Waals surface area contributed by atoms with Crippen molar-refractivity contribution in [2.45, 2.75) is 43.5 Å². The van der Waals surface area contributed by atoms with Gasteiger partial charge in [0.05, 0.1) is 34.4 Å². The Morgan fingerprint density at radius 1 is 1.07 bits per heavy atom. The Morgan fingerprint density at radius 2 is 1.83 bits per heavy atom. The lowest BCUT2D eigenvalue weighted by molar-refractivity contribution is 0.148. The molecule has 0 bridgehead atoms. The zero-order valence-corrected chi connectivity index (χ0v) is 24.6. The van der Waals surface area contributed by atoms with E-state index in [0.717, 1.165) is 56.8 Å². The van der Waals surface area contributed by atoms with Crippen molar-refractivity contribution in [2.24, 2.45) is 0 Å². The normalized spacial score (nSPS) is 19.7. The Balaban J connectivity index is 1.14. The summed E-state index contributed by atoms with van der Waals surface area (Å²) in [6.07, 6.45) is 7.92. The Kier molecular flexibility index (Phi) is 7.98. The minimum Gasteiger partial charge on any atom is -0.351 e. The SMILES string of the molecule is [C-]#[N+]c1cnc(NC2CCN(S(=O)(=O)C3CC3)CC2)nc1-c1cnn(-c2ccc(CN3CCN(C)CC3)cc2Cl)c1. The minimum atomic E-state index is -3.15. The average molecular weight is 596 g/mol. The van der Waals surface area contributed by atoms with Gasteiger partial charge in [-0.05, 0) is 50.4 Å². The maximum absolute atomic E-state index is 12.6. The molecule has 0 unspecified atom stereocenters. The first-order valence-electron chi connectivity index (χ1n) is 14.0. The molecule has 11 nitrogen and oxygen atoms in total. The molecule has 13 heteroatoms. The van der Waals surface area contributed by atoms with Crippen LogP contribution in [0.3, 0.4) is 0 Å². The lowest BCUT2D eigenvalue weighted by Crippen LogP contribution is -2.43. The predicted molar refractivity (Wildman–Crippen MR) is 159 cm³/mol. The summed E-state index contributed by atoms with van der Waals surface area (Å²) >= 11 is 6.70. The van der Waals surface area contributed by atoms with Gasteiger partial charge in [0.15, 0.2) is 0 Å². The highest BCUT2D eigenvalue weighted by atomic mass is 35.5. The fraction of sp³-hybridized carbons (Fsp3) is 0.500. The summed E-state index contributed by atoms with van der Waals surface area (Å²) in [6.45, 7) is 13.7. The standard InChI is InChI=1S/C28H34ClN9O2S/c1-30-25-17-31-28(33-22-7-9-37(10-8-22)41(39,40)23-4-5-23)34-27(25)21-16-32-38(19-21)26-6-3-20(15-24(26)29)18-36-13-11-35(2)12-14-36/h3,6,15-17,19,22-23H,4-5,7-14,18H2,2H3,(H,31,33,34). The molecule has 41 heavy (non-hydrogen) atoms. The average Bonchev–Trinajstić information content (AvgIpc) is 3.73. The number of nitrogens with one attached hydrogen (secondary N) is 1. The van der Waals surface area contributed by atoms with Crippen molar-refractivity contribution < 1.29 is 8.42 Å². The van der Waals surface area contributed by atoms with Crippen molar-refractivity contribution in [3.63, 3.8) is 0 Å². The first-order valence-corrected chi connectivity index (χ1v) is 15.9. The predicted octanol–water partition coefficient (Wildman–Crippen LogP) is 3.65. The zero-order chi connectivity index (χ0) is 28.6. The number of anilines is 1. The number of hydrogen-bond acceptors (Lipinski definition) is 8. The van der Waals surface area contributed by atoms with E-state index in [0.29, 0.717) is 53.8 Å². The van der Waals surface area contributed by atoms with E-state index in [-0.39, 0.29) is 11.3 Å². The molecule has 0 radical (unpaired) electrons. The van der Waals surface area contributed by atoms with Crippen molar-refractivity contribution >= 4 is 33.3 Å². The Hall–Kier alpha value is -3.08. The zero-order valence-electron chi connectivity index (χ0n) is 23.1. The van der Waals surface area contributed by atoms with Gasteiger partial charge in [0, 0.05) is 69.8 Å². The number of sulfonamides is 1. The van der Waals surface area contributed by atoms with E-state index in [9.17, 15) is 8.42 Å². The van der Waals surface area contributed by atoms with Gasteiger partial charge < -0.3 is 10.2 Å². The summed E-state index contributed by atoms with van der Waals surface area (Å²) < 4.78 is 28.4. The molecule has 4 heterocycles. The van der Waals surface area contributed by atoms with Crippen LogP contribution in [0.25, 0.3) is 21.8 Å². The van der Waals surface area contributed by atoms with Crippen LogP contribution in [0.5, 0.6) is 0 Å². The van der Waals surface area contributed by atoms with Gasteiger partial charge in [0.25, 0.3) is 0 Å². The molecule has 2 saturated heterocycles. The van der Waals surface area contributed by atoms with Crippen LogP contribution in [0.15, 0.2) is 36.8 Å². The fourth-order valence-electron chi connectivity index (χ4n) is 5.43. The van der Waals surface area contributed by atoms with Gasteiger partial charge in [-0.3, -0.25) is 4.90 Å². The molecule has 6 rings (SSSR count). The van der Waals surface area contributed by atoms with Gasteiger partial charge in [0.1, 0.15) is 0 Å². The summed E-state index contributed by atoms with van der Waals surface area (Å²) in [5, 5.41) is 8.29. The topological polar surface area (TPSA) is 104 Å². The van der Waals surface area contributed by atoms with Crippen molar-refractivity contribution in [2.75, 3.05) is 51.6 Å². The van der Waals surface area contributed by atoms with Gasteiger partial charge in [-0.25, -0.2) is 32.2 Å². The van der Waals surface area contributed by atoms with Gasteiger partial charge in [-0.1, -0.05) is 17.7 Å². The van der Waals surface area contributed by atoms with Crippen LogP contribution in [0, 0.1) is 6.57 Å². The van der Waals surface area contributed by atoms with Crippen LogP contribution in [-0.4, -0.2) is 99.9 Å². The molecule has 1 aromatic carbocycles. The van der Waals surface area contributed by atoms with Gasteiger partial charge >= 0.3 is 0 Å². The molecule has 1 N–H and O–H groups in total. The molecule has 1 saturated carbocycles. The molecule has 0 atom stereocenters. The van der Waals surface area contributed by atoms with Gasteiger partial charge in [0.2, 0.25) is 21.7 Å². The second-order valence-electron chi connectivity index (χ2n) is 11.1. The quantitative estimate of drug-likeness (QED) is 0.394. The summed E-state index contributed by atoms with van der Waals surface area (Å²) in [4.78, 5) is 17.4. The number of aromatic nitrogens is 4.